The van der Waals surface area contributed by atoms with Gasteiger partial charge in [0.2, 0.25) is 0 Å². The lowest BCUT2D eigenvalue weighted by atomic mass is 10.1. The second-order valence-corrected chi connectivity index (χ2v) is 13.1. The number of aliphatic imine (C=N–C) groups is 1. The number of rotatable bonds is 4. The highest BCUT2D eigenvalue weighted by Crippen LogP contribution is 2.37. The summed E-state index contributed by atoms with van der Waals surface area (Å²) in [7, 11) is -2.22. The molecule has 2 aromatic carbocycles. The van der Waals surface area contributed by atoms with Crippen molar-refractivity contribution in [3.63, 3.8) is 0 Å². The fourth-order valence-electron chi connectivity index (χ4n) is 2.12. The Balaban J connectivity index is 2.57. The first-order valence-electron chi connectivity index (χ1n) is 8.07. The molecule has 0 aliphatic rings. The molecule has 2 aromatic rings. The van der Waals surface area contributed by atoms with Gasteiger partial charge >= 0.3 is 0 Å². The summed E-state index contributed by atoms with van der Waals surface area (Å²) in [6.07, 6.45) is 0. The Morgan fingerprint density at radius 2 is 1.50 bits per heavy atom. The van der Waals surface area contributed by atoms with Crippen LogP contribution in [-0.4, -0.2) is 19.2 Å². The average molecular weight is 358 g/mol. The second kappa shape index (κ2) is 7.04. The summed E-state index contributed by atoms with van der Waals surface area (Å²) in [6, 6.07) is 17.0. The summed E-state index contributed by atoms with van der Waals surface area (Å²) >= 11 is 6.00. The zero-order valence-corrected chi connectivity index (χ0v) is 16.7. The van der Waals surface area contributed by atoms with Gasteiger partial charge in [0.05, 0.1) is 5.69 Å². The molecule has 0 spiro atoms. The Labute approximate surface area is 150 Å². The fraction of sp³-hybridized carbons (Fsp3) is 0.300. The minimum Gasteiger partial charge on any atom is -0.298 e. The molecule has 0 aliphatic heterocycles. The van der Waals surface area contributed by atoms with Crippen molar-refractivity contribution >= 4 is 36.5 Å². The van der Waals surface area contributed by atoms with Gasteiger partial charge in [-0.2, -0.15) is 0 Å². The molecule has 0 saturated heterocycles. The van der Waals surface area contributed by atoms with Gasteiger partial charge in [-0.25, -0.2) is 4.99 Å². The predicted molar refractivity (Wildman–Crippen MR) is 106 cm³/mol. The number of halogens is 1. The smallest absolute Gasteiger partial charge is 0.159 e. The predicted octanol–water partition coefficient (Wildman–Crippen LogP) is 6.08. The molecule has 2 rings (SSSR count). The first kappa shape index (κ1) is 18.6. The molecule has 126 valence electrons. The molecular weight excluding hydrogens is 334 g/mol. The summed E-state index contributed by atoms with van der Waals surface area (Å²) in [4.78, 5) is 18.1. The van der Waals surface area contributed by atoms with Crippen LogP contribution >= 0.6 is 11.6 Å². The van der Waals surface area contributed by atoms with Crippen LogP contribution in [0.15, 0.2) is 59.6 Å². The number of nitrogens with zero attached hydrogens (tertiary/aromatic N) is 1. The quantitative estimate of drug-likeness (QED) is 0.481. The standard InChI is InChI=1S/C20H24ClNOSi/c1-20(2,3)24(4,5)19(23)18(15-11-13-16(21)14-12-15)22-17-9-7-6-8-10-17/h6-14H,1-5H3. The Hall–Kier alpha value is -1.71. The van der Waals surface area contributed by atoms with Crippen LogP contribution in [0.5, 0.6) is 0 Å². The van der Waals surface area contributed by atoms with Crippen molar-refractivity contribution in [3.8, 4) is 0 Å². The van der Waals surface area contributed by atoms with Crippen molar-refractivity contribution in [2.45, 2.75) is 38.9 Å². The van der Waals surface area contributed by atoms with Crippen molar-refractivity contribution in [1.82, 2.24) is 0 Å². The van der Waals surface area contributed by atoms with E-state index in [0.717, 1.165) is 11.3 Å². The number of carbonyl (C=O) groups is 1. The first-order valence-corrected chi connectivity index (χ1v) is 11.5. The van der Waals surface area contributed by atoms with Crippen molar-refractivity contribution in [2.24, 2.45) is 4.99 Å². The zero-order valence-electron chi connectivity index (χ0n) is 14.9. The summed E-state index contributed by atoms with van der Waals surface area (Å²) in [5.74, 6) is 0. The molecule has 0 radical (unpaired) electrons. The van der Waals surface area contributed by atoms with Gasteiger partial charge in [0.1, 0.15) is 13.8 Å². The molecule has 0 heterocycles. The summed E-state index contributed by atoms with van der Waals surface area (Å²) in [6.45, 7) is 10.6. The molecule has 0 saturated carbocycles. The van der Waals surface area contributed by atoms with E-state index >= 15 is 0 Å². The molecule has 0 bridgehead atoms. The van der Waals surface area contributed by atoms with Crippen molar-refractivity contribution in [3.05, 3.63) is 65.2 Å². The van der Waals surface area contributed by atoms with Gasteiger partial charge in [0.15, 0.2) is 5.41 Å². The highest BCUT2D eigenvalue weighted by molar-refractivity contribution is 7.14. The monoisotopic (exact) mass is 357 g/mol. The summed E-state index contributed by atoms with van der Waals surface area (Å²) in [5.41, 5.74) is 2.14. The molecular formula is C20H24ClNOSi. The van der Waals surface area contributed by atoms with Gasteiger partial charge in [-0.3, -0.25) is 4.79 Å². The van der Waals surface area contributed by atoms with E-state index in [1.165, 1.54) is 0 Å². The zero-order chi connectivity index (χ0) is 18.0. The molecule has 0 amide bonds. The van der Waals surface area contributed by atoms with E-state index < -0.39 is 8.07 Å². The summed E-state index contributed by atoms with van der Waals surface area (Å²) in [5, 5.41) is 0.771. The Kier molecular flexibility index (Phi) is 5.46. The van der Waals surface area contributed by atoms with E-state index in [1.807, 2.05) is 42.5 Å². The minimum absolute atomic E-state index is 0.0477. The van der Waals surface area contributed by atoms with Gasteiger partial charge in [-0.1, -0.05) is 75.8 Å². The van der Waals surface area contributed by atoms with Crippen LogP contribution in [-0.2, 0) is 4.79 Å². The van der Waals surface area contributed by atoms with Crippen LogP contribution in [0.4, 0.5) is 5.69 Å². The normalized spacial score (nSPS) is 13.0. The van der Waals surface area contributed by atoms with Crippen LogP contribution in [0.1, 0.15) is 26.3 Å². The van der Waals surface area contributed by atoms with Gasteiger partial charge in [0, 0.05) is 10.6 Å². The molecule has 0 unspecified atom stereocenters. The first-order chi connectivity index (χ1) is 11.1. The Morgan fingerprint density at radius 3 is 2.00 bits per heavy atom. The number of para-hydroxylation sites is 1. The fourth-order valence-corrected chi connectivity index (χ4v) is 3.72. The molecule has 0 fully saturated rings. The third kappa shape index (κ3) is 4.03. The van der Waals surface area contributed by atoms with E-state index in [9.17, 15) is 4.79 Å². The van der Waals surface area contributed by atoms with E-state index in [0.29, 0.717) is 10.7 Å². The van der Waals surface area contributed by atoms with Crippen LogP contribution in [0, 0.1) is 0 Å². The van der Waals surface area contributed by atoms with E-state index in [1.54, 1.807) is 12.1 Å². The lowest BCUT2D eigenvalue weighted by Crippen LogP contribution is -2.50. The Morgan fingerprint density at radius 1 is 0.958 bits per heavy atom. The summed E-state index contributed by atoms with van der Waals surface area (Å²) < 4.78 is 0. The number of hydrogen-bond donors (Lipinski definition) is 0. The highest BCUT2D eigenvalue weighted by atomic mass is 35.5. The molecule has 0 aliphatic carbocycles. The highest BCUT2D eigenvalue weighted by Gasteiger charge is 2.44. The van der Waals surface area contributed by atoms with Gasteiger partial charge in [0.25, 0.3) is 0 Å². The molecule has 0 aromatic heterocycles. The minimum atomic E-state index is -2.22. The Bertz CT molecular complexity index is 743. The number of benzene rings is 2. The molecule has 4 heteroatoms. The van der Waals surface area contributed by atoms with E-state index in [4.69, 9.17) is 16.6 Å². The maximum atomic E-state index is 13.4. The van der Waals surface area contributed by atoms with Gasteiger partial charge < -0.3 is 0 Å². The number of carbonyl (C=O) groups excluding carboxylic acids is 1. The van der Waals surface area contributed by atoms with Crippen molar-refractivity contribution < 1.29 is 4.79 Å². The van der Waals surface area contributed by atoms with Crippen molar-refractivity contribution in [2.75, 3.05) is 0 Å². The third-order valence-corrected chi connectivity index (χ3v) is 10.1. The largest absolute Gasteiger partial charge is 0.298 e. The maximum Gasteiger partial charge on any atom is 0.159 e. The number of hydrogen-bond acceptors (Lipinski definition) is 2. The topological polar surface area (TPSA) is 29.4 Å². The molecule has 0 atom stereocenters. The lowest BCUT2D eigenvalue weighted by Gasteiger charge is -2.35. The van der Waals surface area contributed by atoms with Crippen LogP contribution in [0.25, 0.3) is 0 Å². The molecule has 0 N–H and O–H groups in total. The third-order valence-electron chi connectivity index (χ3n) is 4.77. The average Bonchev–Trinajstić information content (AvgIpc) is 2.53. The van der Waals surface area contributed by atoms with Gasteiger partial charge in [-0.15, -0.1) is 0 Å². The van der Waals surface area contributed by atoms with E-state index in [2.05, 4.69) is 33.9 Å². The maximum absolute atomic E-state index is 13.4. The van der Waals surface area contributed by atoms with Gasteiger partial charge in [-0.05, 0) is 29.3 Å². The molecule has 2 nitrogen and oxygen atoms in total. The van der Waals surface area contributed by atoms with Crippen LogP contribution < -0.4 is 0 Å². The van der Waals surface area contributed by atoms with Crippen molar-refractivity contribution in [1.29, 1.82) is 0 Å². The molecule has 24 heavy (non-hydrogen) atoms. The lowest BCUT2D eigenvalue weighted by molar-refractivity contribution is -0.107. The second-order valence-electron chi connectivity index (χ2n) is 7.51. The van der Waals surface area contributed by atoms with Crippen LogP contribution in [0.2, 0.25) is 23.2 Å². The van der Waals surface area contributed by atoms with Crippen LogP contribution in [0.3, 0.4) is 0 Å². The SMILES string of the molecule is CC(C)(C)[Si](C)(C)C(=O)C(=Nc1ccccc1)c1ccc(Cl)cc1. The van der Waals surface area contributed by atoms with E-state index in [-0.39, 0.29) is 10.4 Å².